The van der Waals surface area contributed by atoms with Crippen LogP contribution in [-0.4, -0.2) is 37.2 Å². The van der Waals surface area contributed by atoms with E-state index >= 15 is 0 Å². The first kappa shape index (κ1) is 72.8. The van der Waals surface area contributed by atoms with Crippen molar-refractivity contribution in [3.05, 3.63) is 72.9 Å². The van der Waals surface area contributed by atoms with Gasteiger partial charge in [-0.1, -0.05) is 280 Å². The van der Waals surface area contributed by atoms with Crippen LogP contribution in [0.15, 0.2) is 72.9 Å². The normalized spacial score (nSPS) is 12.5. The predicted octanol–water partition coefficient (Wildman–Crippen LogP) is 22.5. The van der Waals surface area contributed by atoms with Crippen molar-refractivity contribution in [2.75, 3.05) is 13.2 Å². The van der Waals surface area contributed by atoms with E-state index in [0.717, 1.165) is 96.3 Å². The van der Waals surface area contributed by atoms with Gasteiger partial charge in [-0.3, -0.25) is 14.4 Å². The first-order valence-electron chi connectivity index (χ1n) is 32.9. The minimum absolute atomic E-state index is 0.0794. The molecule has 0 amide bonds. The van der Waals surface area contributed by atoms with Gasteiger partial charge in [0.2, 0.25) is 0 Å². The molecule has 0 heterocycles. The quantitative estimate of drug-likeness (QED) is 0.0261. The Hall–Kier alpha value is -3.15. The highest BCUT2D eigenvalue weighted by Gasteiger charge is 2.19. The van der Waals surface area contributed by atoms with E-state index in [1.165, 1.54) is 199 Å². The fraction of sp³-hybridized carbons (Fsp3) is 0.786. The van der Waals surface area contributed by atoms with Crippen molar-refractivity contribution in [2.24, 2.45) is 0 Å². The van der Waals surface area contributed by atoms with Crippen LogP contribution in [0.25, 0.3) is 0 Å². The predicted molar refractivity (Wildman–Crippen MR) is 330 cm³/mol. The summed E-state index contributed by atoms with van der Waals surface area (Å²) in [5.74, 6) is -0.882. The van der Waals surface area contributed by atoms with Gasteiger partial charge in [-0.2, -0.15) is 0 Å². The maximum Gasteiger partial charge on any atom is 0.306 e. The number of hydrogen-bond acceptors (Lipinski definition) is 6. The Morgan fingerprint density at radius 3 is 0.842 bits per heavy atom. The third kappa shape index (κ3) is 61.7. The van der Waals surface area contributed by atoms with Crippen molar-refractivity contribution >= 4 is 17.9 Å². The van der Waals surface area contributed by atoms with E-state index in [1.807, 2.05) is 0 Å². The van der Waals surface area contributed by atoms with Gasteiger partial charge in [-0.15, -0.1) is 0 Å². The zero-order valence-electron chi connectivity index (χ0n) is 50.5. The molecule has 0 aliphatic heterocycles. The Balaban J connectivity index is 4.27. The van der Waals surface area contributed by atoms with Crippen LogP contribution in [0.1, 0.15) is 335 Å². The number of ether oxygens (including phenoxy) is 3. The van der Waals surface area contributed by atoms with E-state index in [-0.39, 0.29) is 31.1 Å². The molecule has 0 aromatic rings. The van der Waals surface area contributed by atoms with Gasteiger partial charge >= 0.3 is 17.9 Å². The summed E-state index contributed by atoms with van der Waals surface area (Å²) in [5, 5.41) is 0. The molecule has 0 aliphatic carbocycles. The first-order chi connectivity index (χ1) is 37.5. The van der Waals surface area contributed by atoms with Gasteiger partial charge in [0.1, 0.15) is 13.2 Å². The lowest BCUT2D eigenvalue weighted by atomic mass is 10.0. The molecule has 6 nitrogen and oxygen atoms in total. The molecule has 0 radical (unpaired) electrons. The number of allylic oxidation sites excluding steroid dienone is 12. The summed E-state index contributed by atoms with van der Waals surface area (Å²) in [6.45, 7) is 6.53. The van der Waals surface area contributed by atoms with Gasteiger partial charge in [0.25, 0.3) is 0 Å². The molecule has 76 heavy (non-hydrogen) atoms. The molecule has 0 saturated heterocycles. The van der Waals surface area contributed by atoms with Crippen LogP contribution in [0.3, 0.4) is 0 Å². The smallest absolute Gasteiger partial charge is 0.306 e. The number of esters is 3. The number of unbranched alkanes of at least 4 members (excludes halogenated alkanes) is 37. The Kier molecular flexibility index (Phi) is 61.7. The molecule has 0 bridgehead atoms. The molecule has 0 rings (SSSR count). The van der Waals surface area contributed by atoms with Crippen molar-refractivity contribution in [1.82, 2.24) is 0 Å². The maximum absolute atomic E-state index is 12.9. The van der Waals surface area contributed by atoms with Gasteiger partial charge in [0, 0.05) is 19.3 Å². The Morgan fingerprint density at radius 2 is 0.513 bits per heavy atom. The highest BCUT2D eigenvalue weighted by Crippen LogP contribution is 2.17. The van der Waals surface area contributed by atoms with E-state index in [2.05, 4.69) is 93.7 Å². The van der Waals surface area contributed by atoms with Crippen molar-refractivity contribution in [3.8, 4) is 0 Å². The fourth-order valence-electron chi connectivity index (χ4n) is 9.48. The van der Waals surface area contributed by atoms with E-state index < -0.39 is 6.10 Å². The van der Waals surface area contributed by atoms with Gasteiger partial charge < -0.3 is 14.2 Å². The number of rotatable bonds is 60. The lowest BCUT2D eigenvalue weighted by Gasteiger charge is -2.18. The molecule has 0 aromatic carbocycles. The summed E-state index contributed by atoms with van der Waals surface area (Å²) in [6.07, 6.45) is 83.5. The molecule has 1 unspecified atom stereocenters. The van der Waals surface area contributed by atoms with Gasteiger partial charge in [-0.25, -0.2) is 0 Å². The molecule has 0 N–H and O–H groups in total. The lowest BCUT2D eigenvalue weighted by Crippen LogP contribution is -2.30. The van der Waals surface area contributed by atoms with Crippen LogP contribution < -0.4 is 0 Å². The van der Waals surface area contributed by atoms with Crippen LogP contribution in [-0.2, 0) is 28.6 Å². The Morgan fingerprint density at radius 1 is 0.276 bits per heavy atom. The average Bonchev–Trinajstić information content (AvgIpc) is 3.42. The molecular weight excluding hydrogens is 937 g/mol. The maximum atomic E-state index is 12.9. The van der Waals surface area contributed by atoms with Gasteiger partial charge in [-0.05, 0) is 109 Å². The van der Waals surface area contributed by atoms with Crippen LogP contribution >= 0.6 is 0 Å². The Labute approximate surface area is 472 Å². The first-order valence-corrected chi connectivity index (χ1v) is 32.9. The summed E-state index contributed by atoms with van der Waals surface area (Å²) in [6, 6.07) is 0. The summed E-state index contributed by atoms with van der Waals surface area (Å²) >= 11 is 0. The topological polar surface area (TPSA) is 78.9 Å². The molecule has 1 atom stereocenters. The average molecular weight is 1060 g/mol. The van der Waals surface area contributed by atoms with Crippen LogP contribution in [0.5, 0.6) is 0 Å². The minimum atomic E-state index is -0.784. The monoisotopic (exact) mass is 1060 g/mol. The molecule has 440 valence electrons. The number of carbonyl (C=O) groups is 3. The molecule has 0 fully saturated rings. The largest absolute Gasteiger partial charge is 0.462 e. The van der Waals surface area contributed by atoms with Crippen LogP contribution in [0.4, 0.5) is 0 Å². The molecule has 0 spiro atoms. The summed E-state index contributed by atoms with van der Waals surface area (Å²) < 4.78 is 16.9. The highest BCUT2D eigenvalue weighted by atomic mass is 16.6. The van der Waals surface area contributed by atoms with Crippen molar-refractivity contribution < 1.29 is 28.6 Å². The second-order valence-corrected chi connectivity index (χ2v) is 22.0. The second kappa shape index (κ2) is 64.4. The second-order valence-electron chi connectivity index (χ2n) is 22.0. The number of hydrogen-bond donors (Lipinski definition) is 0. The van der Waals surface area contributed by atoms with E-state index in [0.29, 0.717) is 19.3 Å². The number of carbonyl (C=O) groups excluding carboxylic acids is 3. The molecule has 0 aromatic heterocycles. The molecule has 0 saturated carbocycles. The minimum Gasteiger partial charge on any atom is -0.462 e. The zero-order valence-corrected chi connectivity index (χ0v) is 50.5. The standard InChI is InChI=1S/C70H124O6/c1-4-7-10-13-16-19-22-25-27-29-31-33-34-35-36-38-39-41-43-45-48-51-54-57-60-63-69(72)75-66-67(65-74-68(71)62-59-56-53-50-47-24-21-18-15-12-9-6-3)76-70(73)64-61-58-55-52-49-46-44-42-40-37-32-30-28-26-23-20-17-14-11-8-5-2/h8,11,17-18,20-21,26,28-29,31-32,37,67H,4-7,9-10,12-16,19,22-25,27,30,33-36,38-66H2,1-3H3/b11-8-,20-17-,21-18-,28-26-,31-29-,37-32-. The summed E-state index contributed by atoms with van der Waals surface area (Å²) in [7, 11) is 0. The van der Waals surface area contributed by atoms with E-state index in [9.17, 15) is 14.4 Å². The molecule has 0 aliphatic rings. The van der Waals surface area contributed by atoms with Gasteiger partial charge in [0.15, 0.2) is 6.10 Å². The fourth-order valence-corrected chi connectivity index (χ4v) is 9.48. The molecule has 6 heteroatoms. The van der Waals surface area contributed by atoms with E-state index in [4.69, 9.17) is 14.2 Å². The van der Waals surface area contributed by atoms with E-state index in [1.54, 1.807) is 0 Å². The van der Waals surface area contributed by atoms with Crippen molar-refractivity contribution in [3.63, 3.8) is 0 Å². The third-order valence-corrected chi connectivity index (χ3v) is 14.4. The van der Waals surface area contributed by atoms with Crippen molar-refractivity contribution in [2.45, 2.75) is 341 Å². The van der Waals surface area contributed by atoms with Crippen LogP contribution in [0, 0.1) is 0 Å². The van der Waals surface area contributed by atoms with Gasteiger partial charge in [0.05, 0.1) is 0 Å². The summed E-state index contributed by atoms with van der Waals surface area (Å²) in [5.41, 5.74) is 0. The zero-order chi connectivity index (χ0) is 55.0. The highest BCUT2D eigenvalue weighted by molar-refractivity contribution is 5.71. The molecular formula is C70H124O6. The lowest BCUT2D eigenvalue weighted by molar-refractivity contribution is -0.167. The third-order valence-electron chi connectivity index (χ3n) is 14.4. The van der Waals surface area contributed by atoms with Crippen molar-refractivity contribution in [1.29, 1.82) is 0 Å². The SMILES string of the molecule is CC/C=C\C/C=C\C/C=C\C/C=C\CCCCCCCCCCC(=O)OC(COC(=O)CCCCCCC/C=C\CCCCC)COC(=O)CCCCCCCCCCCCCCC/C=C\CCCCCCCCCC. The Bertz CT molecular complexity index is 1400. The van der Waals surface area contributed by atoms with Crippen LogP contribution in [0.2, 0.25) is 0 Å². The summed E-state index contributed by atoms with van der Waals surface area (Å²) in [4.78, 5) is 38.3.